The molecule has 0 aliphatic carbocycles. The number of anilines is 1. The Morgan fingerprint density at radius 3 is 2.74 bits per heavy atom. The van der Waals surface area contributed by atoms with Gasteiger partial charge in [0.25, 0.3) is 5.95 Å². The van der Waals surface area contributed by atoms with Crippen molar-refractivity contribution in [3.63, 3.8) is 0 Å². The summed E-state index contributed by atoms with van der Waals surface area (Å²) in [4.78, 5) is 4.50. The molecule has 5 nitrogen and oxygen atoms in total. The monoisotopic (exact) mass is 323 g/mol. The van der Waals surface area contributed by atoms with Crippen LogP contribution >= 0.6 is 15.9 Å². The van der Waals surface area contributed by atoms with Gasteiger partial charge in [0.2, 0.25) is 0 Å². The van der Waals surface area contributed by atoms with Crippen LogP contribution in [0.1, 0.15) is 33.1 Å². The molecule has 2 atom stereocenters. The third-order valence-corrected chi connectivity index (χ3v) is 4.19. The second-order valence-corrected chi connectivity index (χ2v) is 6.15. The van der Waals surface area contributed by atoms with Gasteiger partial charge < -0.3 is 0 Å². The first kappa shape index (κ1) is 12.9. The largest absolute Gasteiger partial charge is 0.285 e. The summed E-state index contributed by atoms with van der Waals surface area (Å²) in [6.45, 7) is 4.49. The van der Waals surface area contributed by atoms with E-state index in [1.807, 2.05) is 18.3 Å². The van der Waals surface area contributed by atoms with Crippen molar-refractivity contribution in [2.24, 2.45) is 0 Å². The van der Waals surface area contributed by atoms with Gasteiger partial charge in [0.05, 0.1) is 0 Å². The van der Waals surface area contributed by atoms with Crippen LogP contribution in [0.4, 0.5) is 5.95 Å². The van der Waals surface area contributed by atoms with Gasteiger partial charge >= 0.3 is 0 Å². The fourth-order valence-corrected chi connectivity index (χ4v) is 2.99. The molecule has 1 N–H and O–H groups in total. The van der Waals surface area contributed by atoms with Gasteiger partial charge in [-0.25, -0.2) is 9.52 Å². The highest BCUT2D eigenvalue weighted by atomic mass is 79.9. The summed E-state index contributed by atoms with van der Waals surface area (Å²) in [7, 11) is 0. The fourth-order valence-electron chi connectivity index (χ4n) is 2.66. The van der Waals surface area contributed by atoms with Crippen molar-refractivity contribution in [1.82, 2.24) is 19.6 Å². The van der Waals surface area contributed by atoms with Gasteiger partial charge in [-0.15, -0.1) is 5.10 Å². The van der Waals surface area contributed by atoms with E-state index in [1.54, 1.807) is 4.52 Å². The molecule has 0 radical (unpaired) electrons. The van der Waals surface area contributed by atoms with Gasteiger partial charge in [-0.1, -0.05) is 6.42 Å². The van der Waals surface area contributed by atoms with Crippen molar-refractivity contribution in [1.29, 1.82) is 0 Å². The summed E-state index contributed by atoms with van der Waals surface area (Å²) in [6, 6.07) is 4.95. The molecule has 0 bridgehead atoms. The molecule has 6 heteroatoms. The molecule has 2 unspecified atom stereocenters. The van der Waals surface area contributed by atoms with Gasteiger partial charge in [-0.05, 0) is 54.8 Å². The number of pyridine rings is 1. The Hall–Kier alpha value is -1.14. The van der Waals surface area contributed by atoms with E-state index < -0.39 is 0 Å². The Morgan fingerprint density at radius 1 is 1.26 bits per heavy atom. The summed E-state index contributed by atoms with van der Waals surface area (Å²) in [5.41, 5.74) is 4.21. The smallest absolute Gasteiger partial charge is 0.257 e. The number of fused-ring (bicyclic) bond motifs is 1. The van der Waals surface area contributed by atoms with Crippen LogP contribution in [-0.4, -0.2) is 31.7 Å². The van der Waals surface area contributed by atoms with Crippen LogP contribution in [0.15, 0.2) is 22.8 Å². The predicted molar refractivity (Wildman–Crippen MR) is 78.9 cm³/mol. The molecule has 19 heavy (non-hydrogen) atoms. The molecule has 1 fully saturated rings. The lowest BCUT2D eigenvalue weighted by Gasteiger charge is -2.38. The summed E-state index contributed by atoms with van der Waals surface area (Å²) in [6.07, 6.45) is 5.65. The lowest BCUT2D eigenvalue weighted by molar-refractivity contribution is 0.134. The van der Waals surface area contributed by atoms with Crippen LogP contribution < -0.4 is 5.43 Å². The predicted octanol–water partition coefficient (Wildman–Crippen LogP) is 3.08. The normalized spacial score (nSPS) is 24.8. The Kier molecular flexibility index (Phi) is 3.45. The van der Waals surface area contributed by atoms with Crippen molar-refractivity contribution < 1.29 is 0 Å². The highest BCUT2D eigenvalue weighted by molar-refractivity contribution is 9.10. The number of nitrogens with one attached hydrogen (secondary N) is 1. The maximum absolute atomic E-state index is 4.50. The number of rotatable bonds is 2. The SMILES string of the molecule is CC1CCCC(C)N1Nc1nc2ccc(Br)cn2n1. The topological polar surface area (TPSA) is 45.5 Å². The van der Waals surface area contributed by atoms with E-state index in [4.69, 9.17) is 0 Å². The fraction of sp³-hybridized carbons (Fsp3) is 0.538. The van der Waals surface area contributed by atoms with E-state index in [0.29, 0.717) is 18.0 Å². The Balaban J connectivity index is 1.84. The molecule has 3 heterocycles. The van der Waals surface area contributed by atoms with Crippen molar-refractivity contribution in [2.45, 2.75) is 45.2 Å². The standard InChI is InChI=1S/C13H18BrN5/c1-9-4-3-5-10(2)19(9)17-13-15-12-7-6-11(14)8-18(12)16-13/h6-10H,3-5H2,1-2H3,(H,16,17). The minimum Gasteiger partial charge on any atom is -0.285 e. The average molecular weight is 324 g/mol. The second-order valence-electron chi connectivity index (χ2n) is 5.23. The molecule has 3 rings (SSSR count). The molecule has 1 saturated heterocycles. The van der Waals surface area contributed by atoms with E-state index >= 15 is 0 Å². The van der Waals surface area contributed by atoms with Crippen LogP contribution in [0, 0.1) is 0 Å². The third kappa shape index (κ3) is 2.60. The van der Waals surface area contributed by atoms with E-state index in [9.17, 15) is 0 Å². The minimum atomic E-state index is 0.516. The number of hydrogen-bond donors (Lipinski definition) is 1. The van der Waals surface area contributed by atoms with Crippen molar-refractivity contribution in [3.05, 3.63) is 22.8 Å². The zero-order valence-electron chi connectivity index (χ0n) is 11.2. The van der Waals surface area contributed by atoms with Crippen molar-refractivity contribution in [2.75, 3.05) is 5.43 Å². The molecule has 1 aliphatic heterocycles. The van der Waals surface area contributed by atoms with E-state index in [-0.39, 0.29) is 0 Å². The molecule has 0 amide bonds. The van der Waals surface area contributed by atoms with Crippen LogP contribution in [-0.2, 0) is 0 Å². The molecule has 2 aromatic heterocycles. The maximum atomic E-state index is 4.50. The first-order chi connectivity index (χ1) is 9.13. The Labute approximate surface area is 121 Å². The first-order valence-corrected chi connectivity index (χ1v) is 7.50. The van der Waals surface area contributed by atoms with Crippen molar-refractivity contribution >= 4 is 27.5 Å². The summed E-state index contributed by atoms with van der Waals surface area (Å²) >= 11 is 3.44. The third-order valence-electron chi connectivity index (χ3n) is 3.72. The number of nitrogens with zero attached hydrogens (tertiary/aromatic N) is 4. The number of hydrazine groups is 1. The maximum Gasteiger partial charge on any atom is 0.257 e. The van der Waals surface area contributed by atoms with Crippen LogP contribution in [0.25, 0.3) is 5.65 Å². The Bertz CT molecular complexity index is 571. The van der Waals surface area contributed by atoms with E-state index in [1.165, 1.54) is 19.3 Å². The van der Waals surface area contributed by atoms with Gasteiger partial charge in [-0.2, -0.15) is 4.98 Å². The van der Waals surface area contributed by atoms with Gasteiger partial charge in [-0.3, -0.25) is 5.43 Å². The van der Waals surface area contributed by atoms with E-state index in [2.05, 4.69) is 50.3 Å². The van der Waals surface area contributed by atoms with Crippen LogP contribution in [0.5, 0.6) is 0 Å². The highest BCUT2D eigenvalue weighted by Gasteiger charge is 2.25. The lowest BCUT2D eigenvalue weighted by Crippen LogP contribution is -2.47. The quantitative estimate of drug-likeness (QED) is 0.922. The van der Waals surface area contributed by atoms with Crippen molar-refractivity contribution in [3.8, 4) is 0 Å². The highest BCUT2D eigenvalue weighted by Crippen LogP contribution is 2.22. The molecule has 0 aromatic carbocycles. The van der Waals surface area contributed by atoms with Crippen LogP contribution in [0.3, 0.4) is 0 Å². The van der Waals surface area contributed by atoms with Gasteiger partial charge in [0, 0.05) is 22.8 Å². The summed E-state index contributed by atoms with van der Waals surface area (Å²) in [5.74, 6) is 0.665. The van der Waals surface area contributed by atoms with Gasteiger partial charge in [0.1, 0.15) is 0 Å². The average Bonchev–Trinajstić information content (AvgIpc) is 2.75. The summed E-state index contributed by atoms with van der Waals surface area (Å²) in [5, 5.41) is 6.73. The molecule has 2 aromatic rings. The zero-order valence-corrected chi connectivity index (χ0v) is 12.8. The molecular weight excluding hydrogens is 306 g/mol. The molecule has 102 valence electrons. The lowest BCUT2D eigenvalue weighted by atomic mass is 10.00. The number of aromatic nitrogens is 3. The molecular formula is C13H18BrN5. The zero-order chi connectivity index (χ0) is 13.4. The minimum absolute atomic E-state index is 0.516. The van der Waals surface area contributed by atoms with Crippen LogP contribution in [0.2, 0.25) is 0 Å². The number of halogens is 1. The number of piperidine rings is 1. The van der Waals surface area contributed by atoms with E-state index in [0.717, 1.165) is 10.1 Å². The first-order valence-electron chi connectivity index (χ1n) is 6.70. The molecule has 0 saturated carbocycles. The summed E-state index contributed by atoms with van der Waals surface area (Å²) < 4.78 is 2.78. The number of hydrogen-bond acceptors (Lipinski definition) is 4. The second kappa shape index (κ2) is 5.09. The molecule has 1 aliphatic rings. The van der Waals surface area contributed by atoms with Gasteiger partial charge in [0.15, 0.2) is 5.65 Å². The molecule has 0 spiro atoms. The Morgan fingerprint density at radius 2 is 2.00 bits per heavy atom.